The lowest BCUT2D eigenvalue weighted by Gasteiger charge is -2.01. The van der Waals surface area contributed by atoms with Gasteiger partial charge in [0.05, 0.1) is 0 Å². The van der Waals surface area contributed by atoms with Crippen molar-refractivity contribution >= 4 is 19.3 Å². The Balaban J connectivity index is 3.38. The molecule has 61 valence electrons. The number of amides is 1. The molecule has 0 aromatic rings. The highest BCUT2D eigenvalue weighted by atomic mass is 16.5. The summed E-state index contributed by atoms with van der Waals surface area (Å²) in [6, 6.07) is 0. The third-order valence-corrected chi connectivity index (χ3v) is 1.02. The van der Waals surface area contributed by atoms with E-state index in [0.717, 1.165) is 0 Å². The first-order valence-corrected chi connectivity index (χ1v) is 3.43. The van der Waals surface area contributed by atoms with Crippen molar-refractivity contribution in [3.8, 4) is 0 Å². The maximum absolute atomic E-state index is 10.6. The van der Waals surface area contributed by atoms with Gasteiger partial charge < -0.3 is 9.96 Å². The number of carbonyl (C=O) groups is 2. The Morgan fingerprint density at radius 2 is 2.18 bits per heavy atom. The molecule has 0 aromatic carbocycles. The second kappa shape index (κ2) is 5.76. The fourth-order valence-corrected chi connectivity index (χ4v) is 0.408. The molecule has 1 amide bonds. The van der Waals surface area contributed by atoms with Crippen LogP contribution in [0.15, 0.2) is 0 Å². The third kappa shape index (κ3) is 5.45. The van der Waals surface area contributed by atoms with Crippen LogP contribution in [0.5, 0.6) is 0 Å². The summed E-state index contributed by atoms with van der Waals surface area (Å²) >= 11 is 0. The summed E-state index contributed by atoms with van der Waals surface area (Å²) in [5.74, 6) is -0.0868. The zero-order valence-corrected chi connectivity index (χ0v) is 6.72. The second-order valence-corrected chi connectivity index (χ2v) is 1.90. The smallest absolute Gasteiger partial charge is 0.394 e. The van der Waals surface area contributed by atoms with Gasteiger partial charge in [-0.2, -0.15) is 0 Å². The van der Waals surface area contributed by atoms with Crippen molar-refractivity contribution in [2.75, 3.05) is 6.61 Å². The predicted molar refractivity (Wildman–Crippen MR) is 41.4 cm³/mol. The number of ether oxygens (including phenoxy) is 1. The Labute approximate surface area is 66.6 Å². The van der Waals surface area contributed by atoms with Gasteiger partial charge in [-0.3, -0.25) is 4.79 Å². The highest BCUT2D eigenvalue weighted by Crippen LogP contribution is 1.83. The molecule has 11 heavy (non-hydrogen) atoms. The Hall–Kier alpha value is -0.995. The fourth-order valence-electron chi connectivity index (χ4n) is 0.408. The Morgan fingerprint density at radius 3 is 2.64 bits per heavy atom. The van der Waals surface area contributed by atoms with E-state index in [0.29, 0.717) is 6.42 Å². The number of hydrogen-bond acceptors (Lipinski definition) is 3. The number of nitrogens with one attached hydrogen (secondary N) is 1. The van der Waals surface area contributed by atoms with E-state index < -0.39 is 6.09 Å². The van der Waals surface area contributed by atoms with E-state index >= 15 is 0 Å². The molecule has 5 heteroatoms. The van der Waals surface area contributed by atoms with E-state index in [1.807, 2.05) is 0 Å². The van der Waals surface area contributed by atoms with Crippen molar-refractivity contribution in [3.05, 3.63) is 0 Å². The van der Waals surface area contributed by atoms with Gasteiger partial charge in [-0.25, -0.2) is 4.79 Å². The first-order chi connectivity index (χ1) is 5.20. The van der Waals surface area contributed by atoms with Crippen molar-refractivity contribution in [2.24, 2.45) is 0 Å². The molecule has 0 saturated carbocycles. The monoisotopic (exact) mass is 156 g/mol. The van der Waals surface area contributed by atoms with Gasteiger partial charge in [-0.15, -0.1) is 0 Å². The molecular weight excluding hydrogens is 145 g/mol. The number of carbonyl (C=O) groups excluding carboxylic acids is 2. The first-order valence-electron chi connectivity index (χ1n) is 3.43. The molecule has 0 unspecified atom stereocenters. The zero-order valence-electron chi connectivity index (χ0n) is 6.72. The van der Waals surface area contributed by atoms with Gasteiger partial charge >= 0.3 is 6.09 Å². The van der Waals surface area contributed by atoms with Gasteiger partial charge in [-0.05, 0) is 0 Å². The fraction of sp³-hybridized carbons (Fsp3) is 0.667. The summed E-state index contributed by atoms with van der Waals surface area (Å²) < 4.78 is 4.50. The molecule has 0 saturated heterocycles. The van der Waals surface area contributed by atoms with E-state index in [-0.39, 0.29) is 12.4 Å². The van der Waals surface area contributed by atoms with E-state index in [9.17, 15) is 9.59 Å². The summed E-state index contributed by atoms with van der Waals surface area (Å²) in [4.78, 5) is 21.2. The van der Waals surface area contributed by atoms with Crippen LogP contribution >= 0.6 is 0 Å². The molecule has 0 spiro atoms. The normalized spacial score (nSPS) is 8.55. The Kier molecular flexibility index (Phi) is 5.24. The summed E-state index contributed by atoms with van der Waals surface area (Å²) in [5, 5.41) is 2.29. The molecule has 0 bridgehead atoms. The lowest BCUT2D eigenvalue weighted by Crippen LogP contribution is -2.27. The van der Waals surface area contributed by atoms with E-state index in [4.69, 9.17) is 0 Å². The number of hydrogen-bond donors (Lipinski definition) is 1. The lowest BCUT2D eigenvalue weighted by molar-refractivity contribution is -0.121. The van der Waals surface area contributed by atoms with Gasteiger partial charge in [0, 0.05) is 6.42 Å². The van der Waals surface area contributed by atoms with Crippen LogP contribution in [-0.2, 0) is 9.53 Å². The van der Waals surface area contributed by atoms with Gasteiger partial charge in [0.25, 0.3) is 0 Å². The van der Waals surface area contributed by atoms with Gasteiger partial charge in [0.2, 0.25) is 7.41 Å². The molecule has 0 fully saturated rings. The third-order valence-electron chi connectivity index (χ3n) is 1.02. The van der Waals surface area contributed by atoms with Crippen molar-refractivity contribution < 1.29 is 14.3 Å². The molecule has 1 radical (unpaired) electrons. The average Bonchev–Trinajstić information content (AvgIpc) is 2.01. The maximum Gasteiger partial charge on any atom is 0.394 e. The van der Waals surface area contributed by atoms with Gasteiger partial charge in [0.1, 0.15) is 0 Å². The predicted octanol–water partition coefficient (Wildman–Crippen LogP) is 0.359. The average molecular weight is 156 g/mol. The first kappa shape index (κ1) is 10.0. The van der Waals surface area contributed by atoms with Crippen LogP contribution in [-0.4, -0.2) is 25.9 Å². The quantitative estimate of drug-likeness (QED) is 0.597. The molecule has 4 nitrogen and oxygen atoms in total. The van der Waals surface area contributed by atoms with Crippen molar-refractivity contribution in [2.45, 2.75) is 20.2 Å². The van der Waals surface area contributed by atoms with Crippen molar-refractivity contribution in [3.63, 3.8) is 0 Å². The molecule has 0 aliphatic rings. The minimum atomic E-state index is -0.589. The minimum absolute atomic E-state index is 0.0868. The highest BCUT2D eigenvalue weighted by Gasteiger charge is 2.02. The van der Waals surface area contributed by atoms with Crippen molar-refractivity contribution in [1.82, 2.24) is 5.23 Å². The number of Topliss-reactive ketones (excluding diaryl/α,β-unsaturated/α-hetero) is 1. The molecule has 1 N–H and O–H groups in total. The molecule has 0 heterocycles. The van der Waals surface area contributed by atoms with Crippen LogP contribution in [0.25, 0.3) is 0 Å². The van der Waals surface area contributed by atoms with Gasteiger partial charge in [0.15, 0.2) is 12.4 Å². The molecule has 0 aromatic heterocycles. The molecule has 0 rings (SSSR count). The summed E-state index contributed by atoms with van der Waals surface area (Å²) in [7, 11) is 1.44. The SMILES string of the molecule is C[B]NC(=O)OCC(=O)CC. The van der Waals surface area contributed by atoms with E-state index in [1.54, 1.807) is 13.7 Å². The molecule has 0 aliphatic heterocycles. The summed E-state index contributed by atoms with van der Waals surface area (Å²) in [6.07, 6.45) is -0.197. The Morgan fingerprint density at radius 1 is 1.55 bits per heavy atom. The topological polar surface area (TPSA) is 55.4 Å². The largest absolute Gasteiger partial charge is 0.442 e. The standard InChI is InChI=1S/C6H11BNO3/c1-3-5(9)4-11-6(10)8-7-2/h3-4H2,1-2H3,(H,8,10). The minimum Gasteiger partial charge on any atom is -0.442 e. The van der Waals surface area contributed by atoms with E-state index in [1.165, 1.54) is 7.41 Å². The zero-order chi connectivity index (χ0) is 8.69. The number of rotatable bonds is 4. The van der Waals surface area contributed by atoms with Crippen LogP contribution in [0, 0.1) is 0 Å². The summed E-state index contributed by atoms with van der Waals surface area (Å²) in [6.45, 7) is 3.23. The molecule has 0 aliphatic carbocycles. The molecule has 0 atom stereocenters. The second-order valence-electron chi connectivity index (χ2n) is 1.90. The Bertz CT molecular complexity index is 149. The van der Waals surface area contributed by atoms with Crippen LogP contribution in [0.1, 0.15) is 13.3 Å². The van der Waals surface area contributed by atoms with Gasteiger partial charge in [-0.1, -0.05) is 13.7 Å². The van der Waals surface area contributed by atoms with E-state index in [2.05, 4.69) is 9.96 Å². The lowest BCUT2D eigenvalue weighted by atomic mass is 10.0. The van der Waals surface area contributed by atoms with Crippen molar-refractivity contribution in [1.29, 1.82) is 0 Å². The van der Waals surface area contributed by atoms with Crippen LogP contribution < -0.4 is 5.23 Å². The highest BCUT2D eigenvalue weighted by molar-refractivity contribution is 6.34. The van der Waals surface area contributed by atoms with Crippen LogP contribution in [0.2, 0.25) is 6.82 Å². The van der Waals surface area contributed by atoms with Crippen LogP contribution in [0.3, 0.4) is 0 Å². The molecular formula is C6H11BNO3. The summed E-state index contributed by atoms with van der Waals surface area (Å²) in [5.41, 5.74) is 0. The van der Waals surface area contributed by atoms with Crippen LogP contribution in [0.4, 0.5) is 4.79 Å². The maximum atomic E-state index is 10.6. The number of ketones is 1.